The maximum absolute atomic E-state index is 14.1. The Kier molecular flexibility index (Phi) is 2.73. The fourth-order valence-corrected chi connectivity index (χ4v) is 2.90. The Labute approximate surface area is 109 Å². The molecule has 1 fully saturated rings. The molecule has 0 amide bonds. The van der Waals surface area contributed by atoms with Gasteiger partial charge in [-0.15, -0.1) is 0 Å². The van der Waals surface area contributed by atoms with E-state index in [0.29, 0.717) is 37.9 Å². The van der Waals surface area contributed by atoms with Gasteiger partial charge in [0.25, 0.3) is 0 Å². The van der Waals surface area contributed by atoms with Gasteiger partial charge in [-0.05, 0) is 25.7 Å². The van der Waals surface area contributed by atoms with Crippen LogP contribution >= 0.6 is 0 Å². The molecule has 0 radical (unpaired) electrons. The van der Waals surface area contributed by atoms with Crippen LogP contribution in [-0.4, -0.2) is 17.7 Å². The van der Waals surface area contributed by atoms with Crippen molar-refractivity contribution in [3.8, 4) is 5.75 Å². The van der Waals surface area contributed by atoms with Crippen molar-refractivity contribution in [3.05, 3.63) is 28.8 Å². The summed E-state index contributed by atoms with van der Waals surface area (Å²) in [6.07, 6.45) is 2.29. The second-order valence-electron chi connectivity index (χ2n) is 5.33. The van der Waals surface area contributed by atoms with Crippen molar-refractivity contribution >= 4 is 5.97 Å². The van der Waals surface area contributed by atoms with Crippen LogP contribution in [-0.2, 0) is 16.6 Å². The lowest BCUT2D eigenvalue weighted by atomic mass is 9.87. The second kappa shape index (κ2) is 4.18. The normalized spacial score (nSPS) is 19.5. The van der Waals surface area contributed by atoms with Gasteiger partial charge in [0, 0.05) is 22.6 Å². The fourth-order valence-electron chi connectivity index (χ4n) is 2.90. The molecule has 5 heteroatoms. The first-order valence-electron chi connectivity index (χ1n) is 6.39. The fraction of sp³-hybridized carbons (Fsp3) is 0.500. The molecule has 1 heterocycles. The third-order valence-electron chi connectivity index (χ3n) is 3.97. The molecule has 0 bridgehead atoms. The third-order valence-corrected chi connectivity index (χ3v) is 3.97. The number of carboxylic acid groups (broad SMARTS) is 1. The van der Waals surface area contributed by atoms with E-state index >= 15 is 0 Å². The van der Waals surface area contributed by atoms with E-state index in [0.717, 1.165) is 6.07 Å². The van der Waals surface area contributed by atoms with E-state index in [2.05, 4.69) is 0 Å². The minimum Gasteiger partial charge on any atom is -0.493 e. The van der Waals surface area contributed by atoms with E-state index in [9.17, 15) is 13.6 Å². The van der Waals surface area contributed by atoms with Crippen LogP contribution in [0.15, 0.2) is 6.07 Å². The molecule has 102 valence electrons. The number of rotatable bonds is 3. The number of halogens is 2. The summed E-state index contributed by atoms with van der Waals surface area (Å²) in [6.45, 7) is 0.423. The van der Waals surface area contributed by atoms with Crippen molar-refractivity contribution in [3.63, 3.8) is 0 Å². The summed E-state index contributed by atoms with van der Waals surface area (Å²) in [5, 5.41) is 8.96. The molecule has 1 aliphatic carbocycles. The minimum absolute atomic E-state index is 0.134. The van der Waals surface area contributed by atoms with Gasteiger partial charge >= 0.3 is 5.97 Å². The number of hydrogen-bond acceptors (Lipinski definition) is 2. The molecule has 3 nitrogen and oxygen atoms in total. The standard InChI is InChI=1S/C14H14F2O3/c15-9-6-10(16)12(13-8(9)2-1-5-19-13)14(3-4-14)7-11(17)18/h6H,1-5,7H2,(H,17,18). The highest BCUT2D eigenvalue weighted by Gasteiger charge is 2.50. The highest BCUT2D eigenvalue weighted by molar-refractivity contribution is 5.71. The molecule has 1 aromatic rings. The second-order valence-corrected chi connectivity index (χ2v) is 5.33. The van der Waals surface area contributed by atoms with Gasteiger partial charge in [-0.2, -0.15) is 0 Å². The Morgan fingerprint density at radius 3 is 2.74 bits per heavy atom. The summed E-state index contributed by atoms with van der Waals surface area (Å²) < 4.78 is 33.3. The molecule has 1 saturated carbocycles. The molecule has 0 atom stereocenters. The molecule has 1 aromatic carbocycles. The van der Waals surface area contributed by atoms with Gasteiger partial charge in [0.1, 0.15) is 17.4 Å². The van der Waals surface area contributed by atoms with Gasteiger partial charge in [-0.1, -0.05) is 0 Å². The van der Waals surface area contributed by atoms with E-state index in [1.165, 1.54) is 0 Å². The molecule has 3 rings (SSSR count). The Morgan fingerprint density at radius 1 is 1.37 bits per heavy atom. The van der Waals surface area contributed by atoms with Gasteiger partial charge in [0.15, 0.2) is 0 Å². The summed E-state index contributed by atoms with van der Waals surface area (Å²) in [5.74, 6) is -1.99. The lowest BCUT2D eigenvalue weighted by molar-refractivity contribution is -0.137. The Hall–Kier alpha value is -1.65. The number of carbonyl (C=O) groups is 1. The van der Waals surface area contributed by atoms with Crippen LogP contribution in [0.4, 0.5) is 8.78 Å². The zero-order valence-electron chi connectivity index (χ0n) is 10.3. The van der Waals surface area contributed by atoms with Crippen LogP contribution < -0.4 is 4.74 Å². The zero-order valence-corrected chi connectivity index (χ0v) is 10.3. The Balaban J connectivity index is 2.13. The van der Waals surface area contributed by atoms with Crippen LogP contribution in [0.1, 0.15) is 36.8 Å². The summed E-state index contributed by atoms with van der Waals surface area (Å²) >= 11 is 0. The Bertz CT molecular complexity index is 550. The van der Waals surface area contributed by atoms with E-state index < -0.39 is 23.0 Å². The summed E-state index contributed by atoms with van der Waals surface area (Å²) in [5.41, 5.74) is -0.0456. The van der Waals surface area contributed by atoms with Crippen molar-refractivity contribution in [1.82, 2.24) is 0 Å². The van der Waals surface area contributed by atoms with Crippen molar-refractivity contribution in [2.75, 3.05) is 6.61 Å². The molecule has 1 N–H and O–H groups in total. The number of ether oxygens (including phenoxy) is 1. The van der Waals surface area contributed by atoms with Gasteiger partial charge in [0.2, 0.25) is 0 Å². The lowest BCUT2D eigenvalue weighted by Gasteiger charge is -2.25. The molecule has 19 heavy (non-hydrogen) atoms. The lowest BCUT2D eigenvalue weighted by Crippen LogP contribution is -2.21. The maximum atomic E-state index is 14.1. The topological polar surface area (TPSA) is 46.5 Å². The summed E-state index contributed by atoms with van der Waals surface area (Å²) in [7, 11) is 0. The van der Waals surface area contributed by atoms with Crippen molar-refractivity contribution in [2.45, 2.75) is 37.5 Å². The largest absolute Gasteiger partial charge is 0.493 e. The number of fused-ring (bicyclic) bond motifs is 1. The number of hydrogen-bond donors (Lipinski definition) is 1. The first kappa shape index (κ1) is 12.4. The number of aliphatic carboxylic acids is 1. The molecule has 0 unspecified atom stereocenters. The average Bonchev–Trinajstić information content (AvgIpc) is 3.08. The number of carboxylic acids is 1. The smallest absolute Gasteiger partial charge is 0.304 e. The van der Waals surface area contributed by atoms with Crippen molar-refractivity contribution in [2.24, 2.45) is 0 Å². The molecule has 0 aromatic heterocycles. The van der Waals surface area contributed by atoms with Crippen LogP contribution in [0, 0.1) is 11.6 Å². The molecule has 0 spiro atoms. The van der Waals surface area contributed by atoms with Crippen LogP contribution in [0.5, 0.6) is 5.75 Å². The van der Waals surface area contributed by atoms with E-state index in [4.69, 9.17) is 9.84 Å². The van der Waals surface area contributed by atoms with Gasteiger partial charge in [-0.3, -0.25) is 4.79 Å². The number of benzene rings is 1. The minimum atomic E-state index is -0.967. The van der Waals surface area contributed by atoms with Crippen molar-refractivity contribution < 1.29 is 23.4 Å². The monoisotopic (exact) mass is 268 g/mol. The first-order chi connectivity index (χ1) is 9.03. The van der Waals surface area contributed by atoms with Gasteiger partial charge in [0.05, 0.1) is 13.0 Å². The van der Waals surface area contributed by atoms with Crippen LogP contribution in [0.25, 0.3) is 0 Å². The SMILES string of the molecule is O=C(O)CC1(c2c(F)cc(F)c3c2OCCC3)CC1. The first-order valence-corrected chi connectivity index (χ1v) is 6.39. The Morgan fingerprint density at radius 2 is 2.11 bits per heavy atom. The quantitative estimate of drug-likeness (QED) is 0.917. The summed E-state index contributed by atoms with van der Waals surface area (Å²) in [4.78, 5) is 10.9. The molecule has 0 saturated heterocycles. The van der Waals surface area contributed by atoms with E-state index in [1.807, 2.05) is 0 Å². The average molecular weight is 268 g/mol. The molecule has 2 aliphatic rings. The zero-order chi connectivity index (χ0) is 13.6. The molecular weight excluding hydrogens is 254 g/mol. The maximum Gasteiger partial charge on any atom is 0.304 e. The summed E-state index contributed by atoms with van der Waals surface area (Å²) in [6, 6.07) is 0.866. The highest BCUT2D eigenvalue weighted by Crippen LogP contribution is 2.56. The van der Waals surface area contributed by atoms with Crippen LogP contribution in [0.2, 0.25) is 0 Å². The predicted octanol–water partition coefficient (Wildman–Crippen LogP) is 2.80. The third kappa shape index (κ3) is 1.97. The predicted molar refractivity (Wildman–Crippen MR) is 63.3 cm³/mol. The molecular formula is C14H14F2O3. The van der Waals surface area contributed by atoms with Gasteiger partial charge in [-0.25, -0.2) is 8.78 Å². The van der Waals surface area contributed by atoms with E-state index in [1.54, 1.807) is 0 Å². The molecule has 1 aliphatic heterocycles. The van der Waals surface area contributed by atoms with Gasteiger partial charge < -0.3 is 9.84 Å². The van der Waals surface area contributed by atoms with E-state index in [-0.39, 0.29) is 17.7 Å². The highest BCUT2D eigenvalue weighted by atomic mass is 19.1. The van der Waals surface area contributed by atoms with Crippen LogP contribution in [0.3, 0.4) is 0 Å². The van der Waals surface area contributed by atoms with Crippen molar-refractivity contribution in [1.29, 1.82) is 0 Å².